The van der Waals surface area contributed by atoms with Crippen molar-refractivity contribution in [3.63, 3.8) is 0 Å². The molecule has 1 aromatic rings. The van der Waals surface area contributed by atoms with Crippen LogP contribution in [-0.4, -0.2) is 17.3 Å². The number of thioether (sulfide) groups is 1. The quantitative estimate of drug-likeness (QED) is 0.649. The molecule has 1 amide bonds. The Labute approximate surface area is 111 Å². The molecule has 5 heteroatoms. The van der Waals surface area contributed by atoms with Gasteiger partial charge in [0.2, 0.25) is 5.91 Å². The minimum atomic E-state index is -0.0692. The SMILES string of the molecule is CCC(=O)NC(=S)NCc1ccc(SC)cc1. The van der Waals surface area contributed by atoms with Gasteiger partial charge in [-0.1, -0.05) is 19.1 Å². The van der Waals surface area contributed by atoms with Crippen LogP contribution in [0.15, 0.2) is 29.2 Å². The van der Waals surface area contributed by atoms with Crippen LogP contribution in [0.1, 0.15) is 18.9 Å². The average molecular weight is 268 g/mol. The van der Waals surface area contributed by atoms with E-state index in [-0.39, 0.29) is 5.91 Å². The normalized spacial score (nSPS) is 9.76. The summed E-state index contributed by atoms with van der Waals surface area (Å²) in [5.74, 6) is -0.0692. The molecule has 0 saturated heterocycles. The lowest BCUT2D eigenvalue weighted by molar-refractivity contribution is -0.119. The predicted octanol–water partition coefficient (Wildman–Crippen LogP) is 2.31. The van der Waals surface area contributed by atoms with E-state index in [1.165, 1.54) is 4.90 Å². The molecule has 0 atom stereocenters. The van der Waals surface area contributed by atoms with E-state index in [0.717, 1.165) is 5.56 Å². The Morgan fingerprint density at radius 1 is 1.35 bits per heavy atom. The summed E-state index contributed by atoms with van der Waals surface area (Å²) in [4.78, 5) is 12.3. The zero-order valence-electron chi connectivity index (χ0n) is 9.95. The van der Waals surface area contributed by atoms with Gasteiger partial charge >= 0.3 is 0 Å². The highest BCUT2D eigenvalue weighted by atomic mass is 32.2. The van der Waals surface area contributed by atoms with Crippen LogP contribution in [0.2, 0.25) is 0 Å². The molecule has 1 aromatic carbocycles. The molecule has 0 spiro atoms. The lowest BCUT2D eigenvalue weighted by Crippen LogP contribution is -2.38. The number of amides is 1. The molecule has 0 aliphatic carbocycles. The molecular formula is C12H16N2OS2. The van der Waals surface area contributed by atoms with E-state index in [0.29, 0.717) is 18.1 Å². The molecule has 0 aromatic heterocycles. The van der Waals surface area contributed by atoms with E-state index in [1.54, 1.807) is 18.7 Å². The van der Waals surface area contributed by atoms with Crippen molar-refractivity contribution in [2.24, 2.45) is 0 Å². The topological polar surface area (TPSA) is 41.1 Å². The monoisotopic (exact) mass is 268 g/mol. The molecule has 0 fully saturated rings. The van der Waals surface area contributed by atoms with Gasteiger partial charge < -0.3 is 10.6 Å². The van der Waals surface area contributed by atoms with E-state index in [4.69, 9.17) is 12.2 Å². The second-order valence-corrected chi connectivity index (χ2v) is 4.72. The van der Waals surface area contributed by atoms with Crippen LogP contribution in [-0.2, 0) is 11.3 Å². The van der Waals surface area contributed by atoms with Crippen molar-refractivity contribution >= 4 is 35.0 Å². The third kappa shape index (κ3) is 5.19. The van der Waals surface area contributed by atoms with Crippen molar-refractivity contribution in [2.75, 3.05) is 6.26 Å². The molecule has 92 valence electrons. The summed E-state index contributed by atoms with van der Waals surface area (Å²) >= 11 is 6.71. The summed E-state index contributed by atoms with van der Waals surface area (Å²) in [5.41, 5.74) is 1.14. The van der Waals surface area contributed by atoms with Crippen LogP contribution >= 0.6 is 24.0 Å². The van der Waals surface area contributed by atoms with Gasteiger partial charge in [0.05, 0.1) is 0 Å². The van der Waals surface area contributed by atoms with Crippen molar-refractivity contribution in [3.8, 4) is 0 Å². The Hall–Kier alpha value is -1.07. The Kier molecular flexibility index (Phi) is 6.00. The van der Waals surface area contributed by atoms with Crippen LogP contribution < -0.4 is 10.6 Å². The average Bonchev–Trinajstić information content (AvgIpc) is 2.36. The minimum Gasteiger partial charge on any atom is -0.358 e. The van der Waals surface area contributed by atoms with Gasteiger partial charge in [0, 0.05) is 17.9 Å². The third-order valence-corrected chi connectivity index (χ3v) is 3.18. The molecule has 0 bridgehead atoms. The van der Waals surface area contributed by atoms with Crippen LogP contribution in [0, 0.1) is 0 Å². The summed E-state index contributed by atoms with van der Waals surface area (Å²) in [6.07, 6.45) is 2.48. The van der Waals surface area contributed by atoms with Crippen LogP contribution in [0.3, 0.4) is 0 Å². The number of hydrogen-bond acceptors (Lipinski definition) is 3. The van der Waals surface area contributed by atoms with Gasteiger partial charge in [0.15, 0.2) is 5.11 Å². The lowest BCUT2D eigenvalue weighted by Gasteiger charge is -2.09. The molecule has 0 radical (unpaired) electrons. The first kappa shape index (κ1) is 14.0. The molecule has 0 aliphatic heterocycles. The van der Waals surface area contributed by atoms with Gasteiger partial charge in [-0.25, -0.2) is 0 Å². The summed E-state index contributed by atoms with van der Waals surface area (Å²) in [7, 11) is 0. The second kappa shape index (κ2) is 7.29. The fraction of sp³-hybridized carbons (Fsp3) is 0.333. The molecule has 1 rings (SSSR count). The van der Waals surface area contributed by atoms with Gasteiger partial charge in [-0.2, -0.15) is 0 Å². The molecule has 0 saturated carbocycles. The highest BCUT2D eigenvalue weighted by molar-refractivity contribution is 7.98. The number of nitrogens with one attached hydrogen (secondary N) is 2. The van der Waals surface area contributed by atoms with E-state index < -0.39 is 0 Å². The van der Waals surface area contributed by atoms with Crippen molar-refractivity contribution in [1.82, 2.24) is 10.6 Å². The van der Waals surface area contributed by atoms with Gasteiger partial charge in [0.1, 0.15) is 0 Å². The van der Waals surface area contributed by atoms with E-state index in [9.17, 15) is 4.79 Å². The van der Waals surface area contributed by atoms with Gasteiger partial charge in [0.25, 0.3) is 0 Å². The number of thiocarbonyl (C=S) groups is 1. The van der Waals surface area contributed by atoms with Crippen LogP contribution in [0.5, 0.6) is 0 Å². The number of benzene rings is 1. The molecule has 0 aliphatic rings. The molecular weight excluding hydrogens is 252 g/mol. The maximum atomic E-state index is 11.1. The first-order chi connectivity index (χ1) is 8.15. The fourth-order valence-corrected chi connectivity index (χ4v) is 1.78. The first-order valence-corrected chi connectivity index (χ1v) is 6.99. The Morgan fingerprint density at radius 3 is 2.53 bits per heavy atom. The molecule has 0 unspecified atom stereocenters. The standard InChI is InChI=1S/C12H16N2OS2/c1-3-11(15)14-12(16)13-8-9-4-6-10(17-2)7-5-9/h4-7H,3,8H2,1-2H3,(H2,13,14,15,16). The summed E-state index contributed by atoms with van der Waals surface area (Å²) < 4.78 is 0. The number of rotatable bonds is 4. The van der Waals surface area contributed by atoms with Crippen LogP contribution in [0.25, 0.3) is 0 Å². The summed E-state index contributed by atoms with van der Waals surface area (Å²) in [5, 5.41) is 5.97. The summed E-state index contributed by atoms with van der Waals surface area (Å²) in [6.45, 7) is 2.41. The predicted molar refractivity (Wildman–Crippen MR) is 76.1 cm³/mol. The Bertz CT molecular complexity index is 390. The third-order valence-electron chi connectivity index (χ3n) is 2.19. The van der Waals surface area contributed by atoms with Crippen molar-refractivity contribution in [2.45, 2.75) is 24.8 Å². The Morgan fingerprint density at radius 2 is 2.00 bits per heavy atom. The van der Waals surface area contributed by atoms with Crippen LogP contribution in [0.4, 0.5) is 0 Å². The van der Waals surface area contributed by atoms with E-state index >= 15 is 0 Å². The van der Waals surface area contributed by atoms with Gasteiger partial charge in [-0.05, 0) is 36.2 Å². The second-order valence-electron chi connectivity index (χ2n) is 3.43. The fourth-order valence-electron chi connectivity index (χ4n) is 1.18. The Balaban J connectivity index is 2.39. The molecule has 3 nitrogen and oxygen atoms in total. The number of carbonyl (C=O) groups is 1. The zero-order chi connectivity index (χ0) is 12.7. The highest BCUT2D eigenvalue weighted by Gasteiger charge is 2.01. The van der Waals surface area contributed by atoms with E-state index in [1.807, 2.05) is 18.4 Å². The highest BCUT2D eigenvalue weighted by Crippen LogP contribution is 2.14. The smallest absolute Gasteiger partial charge is 0.225 e. The van der Waals surface area contributed by atoms with Gasteiger partial charge in [-0.3, -0.25) is 4.79 Å². The van der Waals surface area contributed by atoms with Crippen molar-refractivity contribution in [3.05, 3.63) is 29.8 Å². The number of carbonyl (C=O) groups excluding carboxylic acids is 1. The number of hydrogen-bond donors (Lipinski definition) is 2. The lowest BCUT2D eigenvalue weighted by atomic mass is 10.2. The largest absolute Gasteiger partial charge is 0.358 e. The maximum absolute atomic E-state index is 11.1. The van der Waals surface area contributed by atoms with Gasteiger partial charge in [-0.15, -0.1) is 11.8 Å². The maximum Gasteiger partial charge on any atom is 0.225 e. The minimum absolute atomic E-state index is 0.0692. The zero-order valence-corrected chi connectivity index (χ0v) is 11.6. The molecule has 2 N–H and O–H groups in total. The first-order valence-electron chi connectivity index (χ1n) is 5.36. The molecule has 0 heterocycles. The van der Waals surface area contributed by atoms with Crippen molar-refractivity contribution < 1.29 is 4.79 Å². The van der Waals surface area contributed by atoms with E-state index in [2.05, 4.69) is 22.8 Å². The molecule has 17 heavy (non-hydrogen) atoms. The van der Waals surface area contributed by atoms with Crippen molar-refractivity contribution in [1.29, 1.82) is 0 Å². The summed E-state index contributed by atoms with van der Waals surface area (Å²) in [6, 6.07) is 8.22.